The number of hydrogen-bond donors (Lipinski definition) is 2. The van der Waals surface area contributed by atoms with Gasteiger partial charge in [0.25, 0.3) is 0 Å². The topological polar surface area (TPSA) is 129 Å². The van der Waals surface area contributed by atoms with Crippen LogP contribution in [0.4, 0.5) is 5.00 Å². The van der Waals surface area contributed by atoms with Crippen LogP contribution in [0.15, 0.2) is 5.16 Å². The summed E-state index contributed by atoms with van der Waals surface area (Å²) in [5, 5.41) is 12.5. The molecule has 9 nitrogen and oxygen atoms in total. The number of nitrogens with one attached hydrogen (secondary N) is 1. The van der Waals surface area contributed by atoms with Crippen LogP contribution in [0.3, 0.4) is 0 Å². The number of nitrogens with two attached hydrogens (primary N) is 1. The number of amides is 2. The Morgan fingerprint density at radius 2 is 2.03 bits per heavy atom. The van der Waals surface area contributed by atoms with Gasteiger partial charge < -0.3 is 20.4 Å². The molecule has 2 aromatic heterocycles. The minimum atomic E-state index is -0.414. The van der Waals surface area contributed by atoms with Gasteiger partial charge in [-0.15, -0.1) is 21.5 Å². The average molecular weight is 464 g/mol. The molecule has 2 amide bonds. The van der Waals surface area contributed by atoms with Crippen molar-refractivity contribution in [2.45, 2.75) is 62.6 Å². The molecule has 4 rings (SSSR count). The SMILES string of the molecule is COC(=O)c1c(NC(=O)CSc2nnc(C3CC3)n2CCC(N)=O)sc2c1CCCC2. The first-order chi connectivity index (χ1) is 15.0. The zero-order chi connectivity index (χ0) is 22.0. The maximum atomic E-state index is 12.7. The van der Waals surface area contributed by atoms with Crippen molar-refractivity contribution < 1.29 is 19.1 Å². The van der Waals surface area contributed by atoms with E-state index in [1.165, 1.54) is 30.2 Å². The molecule has 2 aliphatic carbocycles. The molecular weight excluding hydrogens is 438 g/mol. The summed E-state index contributed by atoms with van der Waals surface area (Å²) in [5.41, 5.74) is 6.79. The van der Waals surface area contributed by atoms with E-state index < -0.39 is 5.97 Å². The fraction of sp³-hybridized carbons (Fsp3) is 0.550. The van der Waals surface area contributed by atoms with Crippen molar-refractivity contribution in [3.8, 4) is 0 Å². The van der Waals surface area contributed by atoms with Crippen LogP contribution in [0.5, 0.6) is 0 Å². The predicted octanol–water partition coefficient (Wildman–Crippen LogP) is 2.49. The molecule has 0 radical (unpaired) electrons. The molecule has 0 aromatic carbocycles. The molecule has 2 aromatic rings. The fourth-order valence-corrected chi connectivity index (χ4v) is 5.81. The molecule has 0 unspecified atom stereocenters. The van der Waals surface area contributed by atoms with E-state index in [0.29, 0.717) is 28.2 Å². The van der Waals surface area contributed by atoms with Crippen LogP contribution in [0.1, 0.15) is 64.6 Å². The predicted molar refractivity (Wildman–Crippen MR) is 117 cm³/mol. The van der Waals surface area contributed by atoms with Gasteiger partial charge in [0.15, 0.2) is 5.16 Å². The highest BCUT2D eigenvalue weighted by molar-refractivity contribution is 7.99. The van der Waals surface area contributed by atoms with E-state index in [1.54, 1.807) is 0 Å². The summed E-state index contributed by atoms with van der Waals surface area (Å²) in [6.07, 6.45) is 6.16. The number of rotatable bonds is 9. The Bertz CT molecular complexity index is 1010. The zero-order valence-corrected chi connectivity index (χ0v) is 18.9. The Balaban J connectivity index is 1.45. The molecule has 0 bridgehead atoms. The van der Waals surface area contributed by atoms with E-state index in [0.717, 1.165) is 54.8 Å². The lowest BCUT2D eigenvalue weighted by Gasteiger charge is -2.11. The number of nitrogens with zero attached hydrogens (tertiary/aromatic N) is 3. The molecule has 166 valence electrons. The van der Waals surface area contributed by atoms with Crippen molar-refractivity contribution in [2.75, 3.05) is 18.2 Å². The van der Waals surface area contributed by atoms with Crippen molar-refractivity contribution in [2.24, 2.45) is 5.73 Å². The lowest BCUT2D eigenvalue weighted by atomic mass is 9.95. The van der Waals surface area contributed by atoms with Crippen molar-refractivity contribution in [1.29, 1.82) is 0 Å². The number of thiophene rings is 1. The van der Waals surface area contributed by atoms with Gasteiger partial charge in [0.1, 0.15) is 10.8 Å². The molecule has 2 aliphatic rings. The minimum Gasteiger partial charge on any atom is -0.465 e. The highest BCUT2D eigenvalue weighted by Gasteiger charge is 2.31. The second-order valence-corrected chi connectivity index (χ2v) is 9.77. The van der Waals surface area contributed by atoms with Gasteiger partial charge in [0.2, 0.25) is 11.8 Å². The number of hydrogen-bond acceptors (Lipinski definition) is 8. The lowest BCUT2D eigenvalue weighted by molar-refractivity contribution is -0.118. The number of fused-ring (bicyclic) bond motifs is 1. The number of carbonyl (C=O) groups excluding carboxylic acids is 3. The summed E-state index contributed by atoms with van der Waals surface area (Å²) in [4.78, 5) is 37.4. The molecule has 0 saturated heterocycles. The number of aromatic nitrogens is 3. The Morgan fingerprint density at radius 1 is 1.26 bits per heavy atom. The number of ether oxygens (including phenoxy) is 1. The molecule has 1 saturated carbocycles. The van der Waals surface area contributed by atoms with Gasteiger partial charge in [-0.3, -0.25) is 9.59 Å². The summed E-state index contributed by atoms with van der Waals surface area (Å²) in [7, 11) is 1.35. The number of anilines is 1. The largest absolute Gasteiger partial charge is 0.465 e. The van der Waals surface area contributed by atoms with Crippen molar-refractivity contribution in [1.82, 2.24) is 14.8 Å². The third kappa shape index (κ3) is 4.93. The van der Waals surface area contributed by atoms with Crippen LogP contribution < -0.4 is 11.1 Å². The van der Waals surface area contributed by atoms with Crippen LogP contribution in [0.2, 0.25) is 0 Å². The number of methoxy groups -OCH3 is 1. The van der Waals surface area contributed by atoms with Gasteiger partial charge in [0.05, 0.1) is 18.4 Å². The summed E-state index contributed by atoms with van der Waals surface area (Å²) in [6, 6.07) is 0. The van der Waals surface area contributed by atoms with E-state index in [4.69, 9.17) is 10.5 Å². The smallest absolute Gasteiger partial charge is 0.341 e. The number of aryl methyl sites for hydroxylation is 1. The quantitative estimate of drug-likeness (QED) is 0.432. The van der Waals surface area contributed by atoms with Gasteiger partial charge in [-0.25, -0.2) is 4.79 Å². The second-order valence-electron chi connectivity index (χ2n) is 7.73. The van der Waals surface area contributed by atoms with Gasteiger partial charge in [-0.1, -0.05) is 11.8 Å². The summed E-state index contributed by atoms with van der Waals surface area (Å²) in [6.45, 7) is 0.405. The first-order valence-corrected chi connectivity index (χ1v) is 12.1. The van der Waals surface area contributed by atoms with Crippen molar-refractivity contribution in [3.63, 3.8) is 0 Å². The van der Waals surface area contributed by atoms with E-state index >= 15 is 0 Å². The second kappa shape index (κ2) is 9.39. The standard InChI is InChI=1S/C20H25N5O4S2/c1-29-19(28)16-12-4-2-3-5-13(12)31-18(16)22-15(27)10-30-20-24-23-17(11-6-7-11)25(20)9-8-14(21)26/h11H,2-10H2,1H3,(H2,21,26)(H,22,27). The van der Waals surface area contributed by atoms with Crippen molar-refractivity contribution in [3.05, 3.63) is 21.8 Å². The Morgan fingerprint density at radius 3 is 2.74 bits per heavy atom. The molecule has 0 spiro atoms. The number of carbonyl (C=O) groups is 3. The van der Waals surface area contributed by atoms with E-state index in [1.807, 2.05) is 4.57 Å². The minimum absolute atomic E-state index is 0.114. The Hall–Kier alpha value is -2.40. The molecule has 2 heterocycles. The molecular formula is C20H25N5O4S2. The molecule has 1 fully saturated rings. The van der Waals surface area contributed by atoms with E-state index in [2.05, 4.69) is 15.5 Å². The summed E-state index contributed by atoms with van der Waals surface area (Å²) >= 11 is 2.72. The fourth-order valence-electron chi connectivity index (χ4n) is 3.75. The lowest BCUT2D eigenvalue weighted by Crippen LogP contribution is -2.18. The number of thioether (sulfide) groups is 1. The highest BCUT2D eigenvalue weighted by Crippen LogP contribution is 2.40. The van der Waals surface area contributed by atoms with Crippen LogP contribution in [0, 0.1) is 0 Å². The van der Waals surface area contributed by atoms with Crippen LogP contribution >= 0.6 is 23.1 Å². The maximum absolute atomic E-state index is 12.7. The molecule has 3 N–H and O–H groups in total. The maximum Gasteiger partial charge on any atom is 0.341 e. The van der Waals surface area contributed by atoms with Gasteiger partial charge in [-0.2, -0.15) is 0 Å². The van der Waals surface area contributed by atoms with Crippen LogP contribution in [0.25, 0.3) is 0 Å². The summed E-state index contributed by atoms with van der Waals surface area (Å²) in [5.74, 6) is 0.296. The number of primary amides is 1. The highest BCUT2D eigenvalue weighted by atomic mass is 32.2. The number of esters is 1. The molecule has 11 heteroatoms. The molecule has 31 heavy (non-hydrogen) atoms. The van der Waals surface area contributed by atoms with E-state index in [9.17, 15) is 14.4 Å². The summed E-state index contributed by atoms with van der Waals surface area (Å²) < 4.78 is 6.85. The van der Waals surface area contributed by atoms with Gasteiger partial charge in [0, 0.05) is 23.8 Å². The first-order valence-electron chi connectivity index (χ1n) is 10.3. The molecule has 0 aliphatic heterocycles. The van der Waals surface area contributed by atoms with Gasteiger partial charge in [-0.05, 0) is 44.1 Å². The third-order valence-corrected chi connectivity index (χ3v) is 7.59. The molecule has 0 atom stereocenters. The Kier molecular flexibility index (Phi) is 6.61. The Labute approximate surface area is 188 Å². The van der Waals surface area contributed by atoms with Crippen molar-refractivity contribution >= 4 is 45.9 Å². The van der Waals surface area contributed by atoms with E-state index in [-0.39, 0.29) is 24.0 Å². The van der Waals surface area contributed by atoms with Crippen LogP contribution in [-0.2, 0) is 33.7 Å². The van der Waals surface area contributed by atoms with Gasteiger partial charge >= 0.3 is 5.97 Å². The third-order valence-electron chi connectivity index (χ3n) is 5.42. The average Bonchev–Trinajstić information content (AvgIpc) is 3.41. The monoisotopic (exact) mass is 463 g/mol. The first kappa shape index (κ1) is 21.8. The normalized spacial score (nSPS) is 15.4. The van der Waals surface area contributed by atoms with Crippen LogP contribution in [-0.4, -0.2) is 45.4 Å². The zero-order valence-electron chi connectivity index (χ0n) is 17.3.